The first-order chi connectivity index (χ1) is 8.34. The van der Waals surface area contributed by atoms with Gasteiger partial charge in [-0.2, -0.15) is 13.1 Å². The first-order valence-corrected chi connectivity index (χ1v) is 7.08. The maximum Gasteiger partial charge on any atom is 0.422 e. The number of hydrogen-bond donors (Lipinski definition) is 3. The molecule has 1 atom stereocenters. The van der Waals surface area contributed by atoms with E-state index < -0.39 is 39.8 Å². The second-order valence-corrected chi connectivity index (χ2v) is 6.73. The normalized spacial score (nSPS) is 14.0. The molecular formula is C10H20N2O6S. The monoisotopic (exact) mass is 296 g/mol. The van der Waals surface area contributed by atoms with E-state index in [1.807, 2.05) is 4.72 Å². The third-order valence-corrected chi connectivity index (χ3v) is 2.83. The average Bonchev–Trinajstić information content (AvgIpc) is 2.08. The molecule has 0 aromatic carbocycles. The van der Waals surface area contributed by atoms with Gasteiger partial charge in [-0.3, -0.25) is 4.79 Å². The molecule has 8 nitrogen and oxygen atoms in total. The molecule has 0 aliphatic rings. The van der Waals surface area contributed by atoms with Crippen LogP contribution in [0.1, 0.15) is 34.6 Å². The maximum absolute atomic E-state index is 11.6. The second kappa shape index (κ2) is 6.20. The molecule has 0 saturated carbocycles. The van der Waals surface area contributed by atoms with Crippen molar-refractivity contribution in [1.82, 2.24) is 9.44 Å². The summed E-state index contributed by atoms with van der Waals surface area (Å²) >= 11 is 0. The highest BCUT2D eigenvalue weighted by Crippen LogP contribution is 2.07. The maximum atomic E-state index is 11.6. The molecule has 0 radical (unpaired) electrons. The van der Waals surface area contributed by atoms with Crippen molar-refractivity contribution in [3.63, 3.8) is 0 Å². The number of aliphatic carboxylic acids is 1. The summed E-state index contributed by atoms with van der Waals surface area (Å²) in [7, 11) is -4.30. The molecule has 1 unspecified atom stereocenters. The fraction of sp³-hybridized carbons (Fsp3) is 0.800. The average molecular weight is 296 g/mol. The van der Waals surface area contributed by atoms with Gasteiger partial charge in [0.1, 0.15) is 11.6 Å². The summed E-state index contributed by atoms with van der Waals surface area (Å²) in [4.78, 5) is 22.2. The molecule has 112 valence electrons. The van der Waals surface area contributed by atoms with Crippen LogP contribution < -0.4 is 9.44 Å². The van der Waals surface area contributed by atoms with Crippen LogP contribution in [-0.2, 0) is 19.7 Å². The molecule has 0 aliphatic heterocycles. The summed E-state index contributed by atoms with van der Waals surface area (Å²) in [6.45, 7) is 7.78. The second-order valence-electron chi connectivity index (χ2n) is 5.29. The van der Waals surface area contributed by atoms with Crippen molar-refractivity contribution in [2.24, 2.45) is 5.92 Å². The van der Waals surface area contributed by atoms with E-state index in [9.17, 15) is 18.0 Å². The van der Waals surface area contributed by atoms with Crippen molar-refractivity contribution in [1.29, 1.82) is 0 Å². The highest BCUT2D eigenvalue weighted by molar-refractivity contribution is 7.88. The fourth-order valence-corrected chi connectivity index (χ4v) is 2.10. The number of amides is 1. The van der Waals surface area contributed by atoms with E-state index >= 15 is 0 Å². The van der Waals surface area contributed by atoms with Gasteiger partial charge < -0.3 is 9.84 Å². The lowest BCUT2D eigenvalue weighted by Crippen LogP contribution is -2.51. The number of ether oxygens (including phenoxy) is 1. The van der Waals surface area contributed by atoms with Crippen molar-refractivity contribution in [2.75, 3.05) is 0 Å². The topological polar surface area (TPSA) is 122 Å². The largest absolute Gasteiger partial charge is 0.480 e. The van der Waals surface area contributed by atoms with Crippen molar-refractivity contribution in [3.8, 4) is 0 Å². The molecule has 0 aromatic heterocycles. The van der Waals surface area contributed by atoms with Crippen LogP contribution in [0.5, 0.6) is 0 Å². The zero-order valence-electron chi connectivity index (χ0n) is 11.6. The fourth-order valence-electron chi connectivity index (χ4n) is 1.08. The minimum absolute atomic E-state index is 0.479. The summed E-state index contributed by atoms with van der Waals surface area (Å²) < 4.78 is 31.3. The first-order valence-electron chi connectivity index (χ1n) is 5.60. The van der Waals surface area contributed by atoms with Crippen LogP contribution in [0, 0.1) is 5.92 Å². The van der Waals surface area contributed by atoms with Crippen LogP contribution in [0.4, 0.5) is 4.79 Å². The lowest BCUT2D eigenvalue weighted by molar-refractivity contribution is -0.140. The molecule has 19 heavy (non-hydrogen) atoms. The van der Waals surface area contributed by atoms with Gasteiger partial charge in [-0.05, 0) is 26.7 Å². The van der Waals surface area contributed by atoms with Crippen molar-refractivity contribution < 1.29 is 27.9 Å². The van der Waals surface area contributed by atoms with E-state index in [1.165, 1.54) is 13.8 Å². The molecule has 0 aliphatic carbocycles. The number of carbonyl (C=O) groups excluding carboxylic acids is 1. The van der Waals surface area contributed by atoms with Gasteiger partial charge in [0.05, 0.1) is 0 Å². The van der Waals surface area contributed by atoms with Gasteiger partial charge in [0.25, 0.3) is 0 Å². The van der Waals surface area contributed by atoms with Gasteiger partial charge in [-0.15, -0.1) is 0 Å². The van der Waals surface area contributed by atoms with Gasteiger partial charge in [-0.25, -0.2) is 9.52 Å². The van der Waals surface area contributed by atoms with Gasteiger partial charge in [0.15, 0.2) is 0 Å². The zero-order valence-corrected chi connectivity index (χ0v) is 12.4. The molecule has 0 heterocycles. The molecule has 1 amide bonds. The number of rotatable bonds is 5. The smallest absolute Gasteiger partial charge is 0.422 e. The number of carbonyl (C=O) groups is 2. The third kappa shape index (κ3) is 7.62. The van der Waals surface area contributed by atoms with E-state index in [2.05, 4.69) is 0 Å². The van der Waals surface area contributed by atoms with E-state index in [4.69, 9.17) is 9.84 Å². The van der Waals surface area contributed by atoms with Crippen LogP contribution in [0.3, 0.4) is 0 Å². The zero-order chi connectivity index (χ0) is 15.4. The lowest BCUT2D eigenvalue weighted by Gasteiger charge is -2.21. The van der Waals surface area contributed by atoms with Crippen molar-refractivity contribution >= 4 is 22.3 Å². The van der Waals surface area contributed by atoms with Crippen LogP contribution >= 0.6 is 0 Å². The van der Waals surface area contributed by atoms with Gasteiger partial charge in [-0.1, -0.05) is 13.8 Å². The first kappa shape index (κ1) is 17.6. The summed E-state index contributed by atoms with van der Waals surface area (Å²) in [5.74, 6) is -1.81. The van der Waals surface area contributed by atoms with Crippen LogP contribution in [0.2, 0.25) is 0 Å². The van der Waals surface area contributed by atoms with Crippen LogP contribution in [0.25, 0.3) is 0 Å². The summed E-state index contributed by atoms with van der Waals surface area (Å²) in [5, 5.41) is 8.86. The van der Waals surface area contributed by atoms with Gasteiger partial charge in [0, 0.05) is 0 Å². The Hall–Kier alpha value is -1.35. The predicted molar refractivity (Wildman–Crippen MR) is 67.7 cm³/mol. The van der Waals surface area contributed by atoms with Gasteiger partial charge >= 0.3 is 22.3 Å². The Kier molecular flexibility index (Phi) is 5.76. The molecule has 0 fully saturated rings. The highest BCUT2D eigenvalue weighted by atomic mass is 32.2. The third-order valence-electron chi connectivity index (χ3n) is 1.83. The molecule has 0 saturated heterocycles. The van der Waals surface area contributed by atoms with E-state index in [0.29, 0.717) is 0 Å². The number of nitrogens with one attached hydrogen (secondary N) is 2. The van der Waals surface area contributed by atoms with Crippen molar-refractivity contribution in [3.05, 3.63) is 0 Å². The van der Waals surface area contributed by atoms with E-state index in [-0.39, 0.29) is 0 Å². The Morgan fingerprint density at radius 2 is 1.68 bits per heavy atom. The van der Waals surface area contributed by atoms with Crippen molar-refractivity contribution in [2.45, 2.75) is 46.3 Å². The van der Waals surface area contributed by atoms with E-state index in [0.717, 1.165) is 0 Å². The molecular weight excluding hydrogens is 276 g/mol. The van der Waals surface area contributed by atoms with Crippen LogP contribution in [-0.4, -0.2) is 37.2 Å². The Morgan fingerprint density at radius 1 is 1.21 bits per heavy atom. The summed E-state index contributed by atoms with van der Waals surface area (Å²) in [6, 6.07) is -1.33. The Morgan fingerprint density at radius 3 is 2.00 bits per heavy atom. The minimum Gasteiger partial charge on any atom is -0.480 e. The Balaban J connectivity index is 4.73. The highest BCUT2D eigenvalue weighted by Gasteiger charge is 2.29. The predicted octanol–water partition coefficient (Wildman–Crippen LogP) is 0.455. The molecule has 0 aromatic rings. The van der Waals surface area contributed by atoms with Gasteiger partial charge in [0.2, 0.25) is 0 Å². The standard InChI is InChI=1S/C10H20N2O6S/c1-6(2)7(8(13)14)11-19(16,17)12-9(15)18-10(3,4)5/h6-7,11H,1-5H3,(H,12,15)(H,13,14). The molecule has 0 spiro atoms. The number of hydrogen-bond acceptors (Lipinski definition) is 5. The quantitative estimate of drug-likeness (QED) is 0.677. The molecule has 0 bridgehead atoms. The molecule has 3 N–H and O–H groups in total. The molecule has 9 heteroatoms. The minimum atomic E-state index is -4.30. The van der Waals surface area contributed by atoms with Crippen LogP contribution in [0.15, 0.2) is 0 Å². The summed E-state index contributed by atoms with van der Waals surface area (Å²) in [6.07, 6.45) is -1.17. The molecule has 0 rings (SSSR count). The Labute approximate surface area is 112 Å². The lowest BCUT2D eigenvalue weighted by atomic mass is 10.1. The summed E-state index contributed by atoms with van der Waals surface area (Å²) in [5.41, 5.74) is -0.857. The van der Waals surface area contributed by atoms with E-state index in [1.54, 1.807) is 25.5 Å². The SMILES string of the molecule is CC(C)C(NS(=O)(=O)NC(=O)OC(C)(C)C)C(=O)O. The number of carboxylic acids is 1. The number of carboxylic acid groups (broad SMARTS) is 1. The Bertz CT molecular complexity index is 437.